The van der Waals surface area contributed by atoms with E-state index in [1.165, 1.54) is 0 Å². The van der Waals surface area contributed by atoms with E-state index in [0.29, 0.717) is 18.9 Å². The molecule has 35 heavy (non-hydrogen) atoms. The van der Waals surface area contributed by atoms with Gasteiger partial charge in [-0.05, 0) is 49.2 Å². The lowest BCUT2D eigenvalue weighted by Gasteiger charge is -2.11. The first-order valence-electron chi connectivity index (χ1n) is 11.9. The van der Waals surface area contributed by atoms with E-state index >= 15 is 0 Å². The van der Waals surface area contributed by atoms with Gasteiger partial charge < -0.3 is 24.1 Å². The Morgan fingerprint density at radius 2 is 1.66 bits per heavy atom. The summed E-state index contributed by atoms with van der Waals surface area (Å²) in [7, 11) is 1.65. The van der Waals surface area contributed by atoms with Gasteiger partial charge in [0.2, 0.25) is 0 Å². The normalized spacial score (nSPS) is 10.8. The van der Waals surface area contributed by atoms with E-state index in [0.717, 1.165) is 54.2 Å². The van der Waals surface area contributed by atoms with E-state index in [1.54, 1.807) is 7.11 Å². The number of para-hydroxylation sites is 3. The molecule has 4 rings (SSSR count). The third kappa shape index (κ3) is 6.99. The van der Waals surface area contributed by atoms with Crippen LogP contribution in [-0.2, 0) is 17.8 Å². The second-order valence-corrected chi connectivity index (χ2v) is 8.10. The highest BCUT2D eigenvalue weighted by Crippen LogP contribution is 2.20. The van der Waals surface area contributed by atoms with Crippen LogP contribution in [0.5, 0.6) is 17.2 Å². The predicted octanol–water partition coefficient (Wildman–Crippen LogP) is 4.64. The zero-order valence-electron chi connectivity index (χ0n) is 20.0. The van der Waals surface area contributed by atoms with Crippen LogP contribution in [0.3, 0.4) is 0 Å². The molecule has 0 fully saturated rings. The summed E-state index contributed by atoms with van der Waals surface area (Å²) in [4.78, 5) is 16.9. The van der Waals surface area contributed by atoms with Crippen molar-refractivity contribution in [3.63, 3.8) is 0 Å². The number of amides is 1. The van der Waals surface area contributed by atoms with Crippen LogP contribution >= 0.6 is 0 Å². The molecule has 7 heteroatoms. The quantitative estimate of drug-likeness (QED) is 0.286. The minimum atomic E-state index is -0.128. The van der Waals surface area contributed by atoms with E-state index in [1.807, 2.05) is 72.8 Å². The maximum Gasteiger partial charge on any atom is 0.257 e. The van der Waals surface area contributed by atoms with Crippen molar-refractivity contribution in [2.75, 3.05) is 26.9 Å². The molecule has 3 aromatic carbocycles. The van der Waals surface area contributed by atoms with Gasteiger partial charge in [-0.1, -0.05) is 36.4 Å². The van der Waals surface area contributed by atoms with Gasteiger partial charge in [-0.25, -0.2) is 4.98 Å². The van der Waals surface area contributed by atoms with Crippen molar-refractivity contribution in [2.45, 2.75) is 25.8 Å². The van der Waals surface area contributed by atoms with Crippen LogP contribution < -0.4 is 19.5 Å². The number of benzene rings is 3. The molecule has 0 saturated carbocycles. The van der Waals surface area contributed by atoms with Crippen molar-refractivity contribution in [1.82, 2.24) is 14.9 Å². The van der Waals surface area contributed by atoms with Gasteiger partial charge in [-0.3, -0.25) is 4.79 Å². The molecule has 1 N–H and O–H groups in total. The Kier molecular flexibility index (Phi) is 8.59. The van der Waals surface area contributed by atoms with Gasteiger partial charge in [-0.2, -0.15) is 0 Å². The first-order valence-corrected chi connectivity index (χ1v) is 11.9. The third-order valence-electron chi connectivity index (χ3n) is 5.58. The first kappa shape index (κ1) is 24.1. The summed E-state index contributed by atoms with van der Waals surface area (Å²) >= 11 is 0. The molecule has 0 radical (unpaired) electrons. The summed E-state index contributed by atoms with van der Waals surface area (Å²) in [5.74, 6) is 3.15. The molecule has 7 nitrogen and oxygen atoms in total. The third-order valence-corrected chi connectivity index (χ3v) is 5.58. The van der Waals surface area contributed by atoms with Crippen LogP contribution in [0.2, 0.25) is 0 Å². The predicted molar refractivity (Wildman–Crippen MR) is 136 cm³/mol. The van der Waals surface area contributed by atoms with Crippen LogP contribution in [0.15, 0.2) is 78.9 Å². The van der Waals surface area contributed by atoms with Gasteiger partial charge in [0.15, 0.2) is 6.61 Å². The van der Waals surface area contributed by atoms with E-state index in [4.69, 9.17) is 19.2 Å². The number of fused-ring (bicyclic) bond motifs is 1. The fraction of sp³-hybridized carbons (Fsp3) is 0.286. The summed E-state index contributed by atoms with van der Waals surface area (Å²) in [6, 6.07) is 25.1. The SMILES string of the molecule is COc1cccc(OCCCn2c(CCCNC(=O)COc3ccccc3)nc3ccccc32)c1. The van der Waals surface area contributed by atoms with Crippen LogP contribution in [0.25, 0.3) is 11.0 Å². The van der Waals surface area contributed by atoms with Gasteiger partial charge in [0.1, 0.15) is 23.1 Å². The minimum Gasteiger partial charge on any atom is -0.497 e. The zero-order chi connectivity index (χ0) is 24.3. The zero-order valence-corrected chi connectivity index (χ0v) is 20.0. The Balaban J connectivity index is 1.26. The minimum absolute atomic E-state index is 0.00974. The first-order chi connectivity index (χ1) is 17.2. The van der Waals surface area contributed by atoms with Gasteiger partial charge in [-0.15, -0.1) is 0 Å². The topological polar surface area (TPSA) is 74.6 Å². The Bertz CT molecular complexity index is 1220. The molecule has 0 bridgehead atoms. The maximum absolute atomic E-state index is 12.1. The molecule has 0 aliphatic carbocycles. The van der Waals surface area contributed by atoms with Crippen molar-refractivity contribution in [3.05, 3.63) is 84.7 Å². The second-order valence-electron chi connectivity index (χ2n) is 8.10. The van der Waals surface area contributed by atoms with Crippen molar-refractivity contribution >= 4 is 16.9 Å². The number of hydrogen-bond donors (Lipinski definition) is 1. The number of aryl methyl sites for hydroxylation is 2. The number of carbonyl (C=O) groups excluding carboxylic acids is 1. The van der Waals surface area contributed by atoms with E-state index in [2.05, 4.69) is 16.0 Å². The van der Waals surface area contributed by atoms with E-state index < -0.39 is 0 Å². The van der Waals surface area contributed by atoms with Crippen molar-refractivity contribution < 1.29 is 19.0 Å². The summed E-state index contributed by atoms with van der Waals surface area (Å²) in [5.41, 5.74) is 2.10. The summed E-state index contributed by atoms with van der Waals surface area (Å²) in [6.07, 6.45) is 2.41. The molecule has 0 unspecified atom stereocenters. The number of ether oxygens (including phenoxy) is 3. The molecule has 0 aliphatic heterocycles. The van der Waals surface area contributed by atoms with Crippen molar-refractivity contribution in [3.8, 4) is 17.2 Å². The maximum atomic E-state index is 12.1. The molecule has 1 aromatic heterocycles. The van der Waals surface area contributed by atoms with Gasteiger partial charge >= 0.3 is 0 Å². The second kappa shape index (κ2) is 12.5. The highest BCUT2D eigenvalue weighted by molar-refractivity contribution is 5.77. The Hall–Kier alpha value is -4.00. The van der Waals surface area contributed by atoms with E-state index in [9.17, 15) is 4.79 Å². The number of rotatable bonds is 13. The van der Waals surface area contributed by atoms with Gasteiger partial charge in [0, 0.05) is 25.6 Å². The summed E-state index contributed by atoms with van der Waals surface area (Å²) in [6.45, 7) is 1.97. The highest BCUT2D eigenvalue weighted by atomic mass is 16.5. The summed E-state index contributed by atoms with van der Waals surface area (Å²) in [5, 5.41) is 2.92. The number of nitrogens with one attached hydrogen (secondary N) is 1. The fourth-order valence-corrected chi connectivity index (χ4v) is 3.86. The number of nitrogens with zero attached hydrogens (tertiary/aromatic N) is 2. The fourth-order valence-electron chi connectivity index (χ4n) is 3.86. The van der Waals surface area contributed by atoms with E-state index in [-0.39, 0.29) is 12.5 Å². The molecule has 0 aliphatic rings. The van der Waals surface area contributed by atoms with Crippen LogP contribution in [0.4, 0.5) is 0 Å². The highest BCUT2D eigenvalue weighted by Gasteiger charge is 2.11. The summed E-state index contributed by atoms with van der Waals surface area (Å²) < 4.78 is 18.9. The average molecular weight is 474 g/mol. The average Bonchev–Trinajstić information content (AvgIpc) is 3.26. The molecule has 0 atom stereocenters. The smallest absolute Gasteiger partial charge is 0.257 e. The molecule has 1 heterocycles. The van der Waals surface area contributed by atoms with Crippen molar-refractivity contribution in [2.24, 2.45) is 0 Å². The Labute approximate surface area is 205 Å². The van der Waals surface area contributed by atoms with Crippen LogP contribution in [-0.4, -0.2) is 42.3 Å². The monoisotopic (exact) mass is 473 g/mol. The van der Waals surface area contributed by atoms with Crippen LogP contribution in [0, 0.1) is 0 Å². The number of aromatic nitrogens is 2. The Morgan fingerprint density at radius 3 is 2.51 bits per heavy atom. The number of hydrogen-bond acceptors (Lipinski definition) is 5. The molecule has 1 amide bonds. The lowest BCUT2D eigenvalue weighted by molar-refractivity contribution is -0.123. The molecule has 4 aromatic rings. The number of carbonyl (C=O) groups is 1. The molecule has 0 saturated heterocycles. The number of methoxy groups -OCH3 is 1. The molecular weight excluding hydrogens is 442 g/mol. The number of imidazole rings is 1. The molecule has 182 valence electrons. The van der Waals surface area contributed by atoms with Crippen molar-refractivity contribution in [1.29, 1.82) is 0 Å². The van der Waals surface area contributed by atoms with Gasteiger partial charge in [0.25, 0.3) is 5.91 Å². The molecule has 0 spiro atoms. The standard InChI is InChI=1S/C28H31N3O4/c1-33-23-12-7-13-24(20-23)34-19-9-18-31-26-15-6-5-14-25(26)30-27(31)16-8-17-29-28(32)21-35-22-10-3-2-4-11-22/h2-7,10-15,20H,8-9,16-19,21H2,1H3,(H,29,32). The lowest BCUT2D eigenvalue weighted by Crippen LogP contribution is -2.30. The largest absolute Gasteiger partial charge is 0.497 e. The molecular formula is C28H31N3O4. The van der Waals surface area contributed by atoms with Crippen LogP contribution in [0.1, 0.15) is 18.7 Å². The lowest BCUT2D eigenvalue weighted by atomic mass is 10.2. The Morgan fingerprint density at radius 1 is 0.886 bits per heavy atom. The van der Waals surface area contributed by atoms with Gasteiger partial charge in [0.05, 0.1) is 24.8 Å².